The smallest absolute Gasteiger partial charge is 0.336 e. The Labute approximate surface area is 154 Å². The number of hydrogen-bond donors (Lipinski definition) is 2. The minimum Gasteiger partial charge on any atom is -0.478 e. The number of benzene rings is 1. The van der Waals surface area contributed by atoms with Crippen molar-refractivity contribution in [1.29, 1.82) is 0 Å². The van der Waals surface area contributed by atoms with Crippen LogP contribution in [0.5, 0.6) is 0 Å². The van der Waals surface area contributed by atoms with Crippen LogP contribution in [0.15, 0.2) is 29.6 Å². The van der Waals surface area contributed by atoms with E-state index in [0.29, 0.717) is 18.7 Å². The molecule has 1 atom stereocenters. The Kier molecular flexibility index (Phi) is 5.32. The van der Waals surface area contributed by atoms with E-state index >= 15 is 0 Å². The Balaban J connectivity index is 1.57. The number of aromatic carboxylic acids is 1. The average molecular weight is 373 g/mol. The van der Waals surface area contributed by atoms with Crippen molar-refractivity contribution in [1.82, 2.24) is 15.2 Å². The first-order valence-corrected chi connectivity index (χ1v) is 9.14. The molecule has 1 aromatic carbocycles. The van der Waals surface area contributed by atoms with Gasteiger partial charge in [-0.15, -0.1) is 11.3 Å². The molecule has 1 aliphatic heterocycles. The third-order valence-electron chi connectivity index (χ3n) is 4.34. The van der Waals surface area contributed by atoms with E-state index in [-0.39, 0.29) is 18.0 Å². The van der Waals surface area contributed by atoms with Crippen molar-refractivity contribution in [2.45, 2.75) is 25.8 Å². The van der Waals surface area contributed by atoms with Gasteiger partial charge in [-0.2, -0.15) is 0 Å². The van der Waals surface area contributed by atoms with E-state index in [1.807, 2.05) is 12.3 Å². The molecule has 2 amide bonds. The van der Waals surface area contributed by atoms with Crippen molar-refractivity contribution < 1.29 is 19.5 Å². The normalized spacial score (nSPS) is 16.5. The van der Waals surface area contributed by atoms with Gasteiger partial charge in [0, 0.05) is 36.6 Å². The SMILES string of the molecule is Cc1csc(C2CCN(C(=O)C(=O)NCc3ccccc3C(=O)O)C2)n1. The largest absolute Gasteiger partial charge is 0.478 e. The number of hydrogen-bond acceptors (Lipinski definition) is 5. The summed E-state index contributed by atoms with van der Waals surface area (Å²) in [5.74, 6) is -2.21. The molecule has 1 aromatic heterocycles. The summed E-state index contributed by atoms with van der Waals surface area (Å²) in [5.41, 5.74) is 1.53. The number of carboxylic acid groups (broad SMARTS) is 1. The zero-order valence-electron chi connectivity index (χ0n) is 14.3. The lowest BCUT2D eigenvalue weighted by atomic mass is 10.1. The molecule has 2 N–H and O–H groups in total. The standard InChI is InChI=1S/C18H19N3O4S/c1-11-10-26-16(20-11)13-6-7-21(9-13)17(23)15(22)19-8-12-4-2-3-5-14(12)18(24)25/h2-5,10,13H,6-9H2,1H3,(H,19,22)(H,24,25). The number of nitrogens with zero attached hydrogens (tertiary/aromatic N) is 2. The fraction of sp³-hybridized carbons (Fsp3) is 0.333. The monoisotopic (exact) mass is 373 g/mol. The summed E-state index contributed by atoms with van der Waals surface area (Å²) in [5, 5.41) is 14.7. The maximum atomic E-state index is 12.3. The molecular weight excluding hydrogens is 354 g/mol. The van der Waals surface area contributed by atoms with Crippen LogP contribution in [0.4, 0.5) is 0 Å². The van der Waals surface area contributed by atoms with Crippen LogP contribution in [0.2, 0.25) is 0 Å². The fourth-order valence-electron chi connectivity index (χ4n) is 2.98. The summed E-state index contributed by atoms with van der Waals surface area (Å²) < 4.78 is 0. The molecular formula is C18H19N3O4S. The zero-order valence-corrected chi connectivity index (χ0v) is 15.1. The van der Waals surface area contributed by atoms with Crippen molar-refractivity contribution in [3.63, 3.8) is 0 Å². The molecule has 1 unspecified atom stereocenters. The molecule has 0 radical (unpaired) electrons. The average Bonchev–Trinajstić information content (AvgIpc) is 3.28. The first kappa shape index (κ1) is 18.1. The Morgan fingerprint density at radius 3 is 2.81 bits per heavy atom. The number of carboxylic acids is 1. The highest BCUT2D eigenvalue weighted by atomic mass is 32.1. The molecule has 0 spiro atoms. The van der Waals surface area contributed by atoms with Crippen LogP contribution < -0.4 is 5.32 Å². The molecule has 0 aliphatic carbocycles. The van der Waals surface area contributed by atoms with E-state index in [4.69, 9.17) is 5.11 Å². The van der Waals surface area contributed by atoms with E-state index in [2.05, 4.69) is 10.3 Å². The molecule has 2 aromatic rings. The van der Waals surface area contributed by atoms with Crippen LogP contribution in [0, 0.1) is 6.92 Å². The van der Waals surface area contributed by atoms with E-state index in [1.54, 1.807) is 29.5 Å². The molecule has 8 heteroatoms. The molecule has 0 saturated carbocycles. The Morgan fingerprint density at radius 2 is 2.12 bits per heavy atom. The first-order chi connectivity index (χ1) is 12.5. The quantitative estimate of drug-likeness (QED) is 0.796. The van der Waals surface area contributed by atoms with Crippen molar-refractivity contribution >= 4 is 29.1 Å². The number of likely N-dealkylation sites (tertiary alicyclic amines) is 1. The van der Waals surface area contributed by atoms with Gasteiger partial charge < -0.3 is 15.3 Å². The van der Waals surface area contributed by atoms with Crippen LogP contribution in [-0.2, 0) is 16.1 Å². The van der Waals surface area contributed by atoms with Crippen LogP contribution in [0.3, 0.4) is 0 Å². The Bertz CT molecular complexity index is 848. The number of carbonyl (C=O) groups excluding carboxylic acids is 2. The van der Waals surface area contributed by atoms with Gasteiger partial charge >= 0.3 is 17.8 Å². The predicted octanol–water partition coefficient (Wildman–Crippen LogP) is 1.78. The summed E-state index contributed by atoms with van der Waals surface area (Å²) in [6, 6.07) is 6.39. The van der Waals surface area contributed by atoms with Gasteiger partial charge in [0.2, 0.25) is 0 Å². The van der Waals surface area contributed by atoms with Gasteiger partial charge in [0.15, 0.2) is 0 Å². The van der Waals surface area contributed by atoms with E-state index in [9.17, 15) is 14.4 Å². The van der Waals surface area contributed by atoms with E-state index in [1.165, 1.54) is 11.0 Å². The molecule has 7 nitrogen and oxygen atoms in total. The van der Waals surface area contributed by atoms with Gasteiger partial charge in [-0.3, -0.25) is 9.59 Å². The second-order valence-corrected chi connectivity index (χ2v) is 7.10. The second kappa shape index (κ2) is 7.65. The first-order valence-electron chi connectivity index (χ1n) is 8.26. The number of carbonyl (C=O) groups is 3. The van der Waals surface area contributed by atoms with Crippen LogP contribution in [0.1, 0.15) is 39.0 Å². The van der Waals surface area contributed by atoms with Crippen molar-refractivity contribution in [2.24, 2.45) is 0 Å². The van der Waals surface area contributed by atoms with E-state index in [0.717, 1.165) is 17.1 Å². The number of rotatable bonds is 4. The highest BCUT2D eigenvalue weighted by Gasteiger charge is 2.32. The number of nitrogens with one attached hydrogen (secondary N) is 1. The van der Waals surface area contributed by atoms with Gasteiger partial charge in [0.05, 0.1) is 10.6 Å². The van der Waals surface area contributed by atoms with Crippen molar-refractivity contribution in [2.75, 3.05) is 13.1 Å². The molecule has 1 fully saturated rings. The molecule has 1 saturated heterocycles. The second-order valence-electron chi connectivity index (χ2n) is 6.21. The number of aromatic nitrogens is 1. The zero-order chi connectivity index (χ0) is 18.7. The summed E-state index contributed by atoms with van der Waals surface area (Å²) in [6.45, 7) is 2.92. The van der Waals surface area contributed by atoms with Gasteiger partial charge in [-0.1, -0.05) is 18.2 Å². The maximum absolute atomic E-state index is 12.3. The molecule has 26 heavy (non-hydrogen) atoms. The number of amides is 2. The highest BCUT2D eigenvalue weighted by molar-refractivity contribution is 7.09. The molecule has 136 valence electrons. The van der Waals surface area contributed by atoms with Crippen LogP contribution >= 0.6 is 11.3 Å². The van der Waals surface area contributed by atoms with Crippen molar-refractivity contribution in [3.8, 4) is 0 Å². The minimum absolute atomic E-state index is 0.00398. The summed E-state index contributed by atoms with van der Waals surface area (Å²) >= 11 is 1.58. The summed E-state index contributed by atoms with van der Waals surface area (Å²) in [6.07, 6.45) is 0.786. The van der Waals surface area contributed by atoms with E-state index < -0.39 is 17.8 Å². The minimum atomic E-state index is -1.07. The Hall–Kier alpha value is -2.74. The summed E-state index contributed by atoms with van der Waals surface area (Å²) in [4.78, 5) is 41.7. The van der Waals surface area contributed by atoms with Gasteiger partial charge in [-0.25, -0.2) is 9.78 Å². The van der Waals surface area contributed by atoms with Crippen molar-refractivity contribution in [3.05, 3.63) is 51.5 Å². The maximum Gasteiger partial charge on any atom is 0.336 e. The predicted molar refractivity (Wildman–Crippen MR) is 96.0 cm³/mol. The third-order valence-corrected chi connectivity index (χ3v) is 5.47. The Morgan fingerprint density at radius 1 is 1.35 bits per heavy atom. The molecule has 1 aliphatic rings. The highest BCUT2D eigenvalue weighted by Crippen LogP contribution is 2.29. The van der Waals surface area contributed by atoms with Gasteiger partial charge in [0.1, 0.15) is 0 Å². The van der Waals surface area contributed by atoms with Crippen LogP contribution in [0.25, 0.3) is 0 Å². The molecule has 3 rings (SSSR count). The van der Waals surface area contributed by atoms with Gasteiger partial charge in [0.25, 0.3) is 0 Å². The van der Waals surface area contributed by atoms with Gasteiger partial charge in [-0.05, 0) is 25.0 Å². The summed E-state index contributed by atoms with van der Waals surface area (Å²) in [7, 11) is 0. The third kappa shape index (κ3) is 3.91. The topological polar surface area (TPSA) is 99.6 Å². The molecule has 0 bridgehead atoms. The lowest BCUT2D eigenvalue weighted by Crippen LogP contribution is -2.41. The molecule has 2 heterocycles. The lowest BCUT2D eigenvalue weighted by Gasteiger charge is -2.16. The van der Waals surface area contributed by atoms with Crippen LogP contribution in [-0.4, -0.2) is 45.9 Å². The lowest BCUT2D eigenvalue weighted by molar-refractivity contribution is -0.145. The number of aryl methyl sites for hydroxylation is 1. The fourth-order valence-corrected chi connectivity index (χ4v) is 3.91. The number of thiazole rings is 1.